The fourth-order valence-electron chi connectivity index (χ4n) is 4.06. The van der Waals surface area contributed by atoms with Crippen LogP contribution in [0.3, 0.4) is 0 Å². The lowest BCUT2D eigenvalue weighted by Gasteiger charge is -2.36. The van der Waals surface area contributed by atoms with Gasteiger partial charge in [0.05, 0.1) is 35.9 Å². The summed E-state index contributed by atoms with van der Waals surface area (Å²) in [5, 5.41) is 12.7. The van der Waals surface area contributed by atoms with E-state index >= 15 is 0 Å². The zero-order valence-electron chi connectivity index (χ0n) is 18.7. The number of primary amides is 1. The predicted molar refractivity (Wildman–Crippen MR) is 131 cm³/mol. The second-order valence-electron chi connectivity index (χ2n) is 7.75. The van der Waals surface area contributed by atoms with Crippen molar-refractivity contribution in [3.8, 4) is 5.75 Å². The molecule has 1 aliphatic heterocycles. The molecule has 2 amide bonds. The van der Waals surface area contributed by atoms with Crippen molar-refractivity contribution in [1.82, 2.24) is 10.2 Å². The molecule has 33 heavy (non-hydrogen) atoms. The molecule has 1 atom stereocenters. The fraction of sp³-hybridized carbons (Fsp3) is 0.292. The highest BCUT2D eigenvalue weighted by Crippen LogP contribution is 2.32. The molecule has 7 nitrogen and oxygen atoms in total. The molecule has 0 bridgehead atoms. The number of hydrogen-bond donors (Lipinski definition) is 3. The molecular weight excluding hydrogens is 463 g/mol. The summed E-state index contributed by atoms with van der Waals surface area (Å²) in [6.45, 7) is 2.22. The van der Waals surface area contributed by atoms with Crippen LogP contribution >= 0.6 is 23.2 Å². The summed E-state index contributed by atoms with van der Waals surface area (Å²) in [5.74, 6) is -0.285. The van der Waals surface area contributed by atoms with Gasteiger partial charge < -0.3 is 26.1 Å². The number of rotatable bonds is 6. The number of ether oxygens (including phenoxy) is 1. The Hall–Kier alpha value is -3.03. The summed E-state index contributed by atoms with van der Waals surface area (Å²) in [5.41, 5.74) is 8.94. The van der Waals surface area contributed by atoms with Crippen molar-refractivity contribution < 1.29 is 14.3 Å². The zero-order chi connectivity index (χ0) is 24.3. The van der Waals surface area contributed by atoms with Crippen LogP contribution in [0.2, 0.25) is 10.0 Å². The highest BCUT2D eigenvalue weighted by atomic mass is 35.5. The van der Waals surface area contributed by atoms with Crippen LogP contribution < -0.4 is 15.8 Å². The molecule has 9 heteroatoms. The van der Waals surface area contributed by atoms with Gasteiger partial charge in [0.2, 0.25) is 5.91 Å². The minimum absolute atomic E-state index is 0.0668. The van der Waals surface area contributed by atoms with Gasteiger partial charge in [-0.25, -0.2) is 0 Å². The van der Waals surface area contributed by atoms with Crippen LogP contribution in [0.15, 0.2) is 42.0 Å². The average Bonchev–Trinajstić information content (AvgIpc) is 2.76. The normalized spacial score (nSPS) is 17.5. The maximum atomic E-state index is 13.2. The van der Waals surface area contributed by atoms with Crippen molar-refractivity contribution in [3.05, 3.63) is 68.7 Å². The molecule has 0 spiro atoms. The molecule has 2 aromatic rings. The maximum absolute atomic E-state index is 13.2. The van der Waals surface area contributed by atoms with Crippen molar-refractivity contribution in [1.29, 1.82) is 5.41 Å². The first-order valence-corrected chi connectivity index (χ1v) is 11.1. The summed E-state index contributed by atoms with van der Waals surface area (Å²) < 4.78 is 5.23. The van der Waals surface area contributed by atoms with Crippen molar-refractivity contribution >= 4 is 46.4 Å². The summed E-state index contributed by atoms with van der Waals surface area (Å²) >= 11 is 12.6. The Kier molecular flexibility index (Phi) is 7.66. The minimum Gasteiger partial charge on any atom is -0.495 e. The van der Waals surface area contributed by atoms with E-state index in [1.165, 1.54) is 7.11 Å². The molecular formula is C24H26Cl2N4O3. The van der Waals surface area contributed by atoms with Crippen LogP contribution in [0.5, 0.6) is 5.75 Å². The van der Waals surface area contributed by atoms with Crippen molar-refractivity contribution in [2.45, 2.75) is 25.8 Å². The Labute approximate surface area is 203 Å². The molecule has 0 radical (unpaired) electrons. The van der Waals surface area contributed by atoms with Crippen LogP contribution in [0.1, 0.15) is 34.8 Å². The number of methoxy groups -OCH3 is 1. The maximum Gasteiger partial charge on any atom is 0.256 e. The van der Waals surface area contributed by atoms with Gasteiger partial charge in [-0.05, 0) is 54.8 Å². The lowest BCUT2D eigenvalue weighted by molar-refractivity contribution is -0.117. The summed E-state index contributed by atoms with van der Waals surface area (Å²) in [6.07, 6.45) is 0.529. The number of nitrogens with two attached hydrogens (primary N) is 1. The number of benzene rings is 2. The lowest BCUT2D eigenvalue weighted by Crippen LogP contribution is -2.48. The molecule has 1 fully saturated rings. The number of piperidine rings is 1. The third kappa shape index (κ3) is 5.15. The number of carbonyl (C=O) groups is 2. The van der Waals surface area contributed by atoms with E-state index < -0.39 is 11.9 Å². The smallest absolute Gasteiger partial charge is 0.256 e. The van der Waals surface area contributed by atoms with Crippen LogP contribution in [0.25, 0.3) is 5.70 Å². The third-order valence-electron chi connectivity index (χ3n) is 5.66. The molecule has 4 N–H and O–H groups in total. The number of likely N-dealkylation sites (tertiary alicyclic amines) is 1. The summed E-state index contributed by atoms with van der Waals surface area (Å²) in [7, 11) is 3.26. The van der Waals surface area contributed by atoms with Gasteiger partial charge in [0, 0.05) is 29.9 Å². The van der Waals surface area contributed by atoms with Crippen LogP contribution in [-0.4, -0.2) is 49.2 Å². The van der Waals surface area contributed by atoms with Crippen molar-refractivity contribution in [3.63, 3.8) is 0 Å². The number of amides is 2. The first-order chi connectivity index (χ1) is 15.7. The van der Waals surface area contributed by atoms with Crippen LogP contribution in [-0.2, 0) is 11.2 Å². The molecule has 1 saturated heterocycles. The van der Waals surface area contributed by atoms with E-state index in [0.29, 0.717) is 40.6 Å². The molecule has 3 rings (SSSR count). The SMILES string of the molecule is CN/C(=C1/CCN(C(=O)c2cccc(OC)c2Cl)[C@@H](C)C1=N)c1cc(Cl)cc(CC(N)=O)c1. The molecule has 1 aliphatic rings. The standard InChI is InChI=1S/C24H26Cl2N4O3/c1-13-22(28)18(23(29-2)15-9-14(11-20(27)31)10-16(25)12-15)7-8-30(13)24(32)17-5-4-6-19(33-3)21(17)26/h4-6,9-10,12-13,28-29H,7-8,11H2,1-3H3,(H2,27,31)/b23-18-,28-22?/t13-/m0/s1. The Morgan fingerprint density at radius 3 is 2.64 bits per heavy atom. The van der Waals surface area contributed by atoms with E-state index in [4.69, 9.17) is 39.1 Å². The summed E-state index contributed by atoms with van der Waals surface area (Å²) in [6, 6.07) is 9.89. The molecule has 0 saturated carbocycles. The molecule has 0 aliphatic carbocycles. The number of nitrogens with zero attached hydrogens (tertiary/aromatic N) is 1. The second-order valence-corrected chi connectivity index (χ2v) is 8.57. The van der Waals surface area contributed by atoms with Gasteiger partial charge >= 0.3 is 0 Å². The van der Waals surface area contributed by atoms with Gasteiger partial charge in [-0.15, -0.1) is 0 Å². The molecule has 0 aromatic heterocycles. The van der Waals surface area contributed by atoms with Gasteiger partial charge in [0.1, 0.15) is 5.75 Å². The van der Waals surface area contributed by atoms with Crippen molar-refractivity contribution in [2.24, 2.45) is 5.73 Å². The van der Waals surface area contributed by atoms with Gasteiger partial charge in [-0.3, -0.25) is 9.59 Å². The van der Waals surface area contributed by atoms with E-state index in [9.17, 15) is 9.59 Å². The Balaban J connectivity index is 1.94. The average molecular weight is 489 g/mol. The largest absolute Gasteiger partial charge is 0.495 e. The third-order valence-corrected chi connectivity index (χ3v) is 6.27. The number of hydrogen-bond acceptors (Lipinski definition) is 5. The quantitative estimate of drug-likeness (QED) is 0.572. The monoisotopic (exact) mass is 488 g/mol. The predicted octanol–water partition coefficient (Wildman–Crippen LogP) is 3.91. The first kappa shape index (κ1) is 24.6. The van der Waals surface area contributed by atoms with Crippen LogP contribution in [0, 0.1) is 5.41 Å². The highest BCUT2D eigenvalue weighted by Gasteiger charge is 2.33. The fourth-order valence-corrected chi connectivity index (χ4v) is 4.60. The second kappa shape index (κ2) is 10.3. The van der Waals surface area contributed by atoms with E-state index in [2.05, 4.69) is 5.32 Å². The van der Waals surface area contributed by atoms with Gasteiger partial charge in [0.25, 0.3) is 5.91 Å². The number of nitrogens with one attached hydrogen (secondary N) is 2. The van der Waals surface area contributed by atoms with Crippen LogP contribution in [0.4, 0.5) is 0 Å². The van der Waals surface area contributed by atoms with E-state index in [1.54, 1.807) is 42.3 Å². The molecule has 1 heterocycles. The van der Waals surface area contributed by atoms with Crippen molar-refractivity contribution in [2.75, 3.05) is 20.7 Å². The Bertz CT molecular complexity index is 1150. The van der Waals surface area contributed by atoms with E-state index in [1.807, 2.05) is 13.0 Å². The molecule has 0 unspecified atom stereocenters. The van der Waals surface area contributed by atoms with E-state index in [-0.39, 0.29) is 17.4 Å². The number of halogens is 2. The lowest BCUT2D eigenvalue weighted by atomic mass is 9.90. The minimum atomic E-state index is -0.476. The molecule has 174 valence electrons. The first-order valence-electron chi connectivity index (χ1n) is 10.4. The van der Waals surface area contributed by atoms with E-state index in [0.717, 1.165) is 16.8 Å². The molecule has 2 aromatic carbocycles. The number of carbonyl (C=O) groups excluding carboxylic acids is 2. The van der Waals surface area contributed by atoms with Gasteiger partial charge in [-0.2, -0.15) is 0 Å². The summed E-state index contributed by atoms with van der Waals surface area (Å²) in [4.78, 5) is 26.3. The zero-order valence-corrected chi connectivity index (χ0v) is 20.2. The van der Waals surface area contributed by atoms with Gasteiger partial charge in [0.15, 0.2) is 0 Å². The Morgan fingerprint density at radius 2 is 2.00 bits per heavy atom. The van der Waals surface area contributed by atoms with Gasteiger partial charge in [-0.1, -0.05) is 29.3 Å². The topological polar surface area (TPSA) is 109 Å². The Morgan fingerprint density at radius 1 is 1.27 bits per heavy atom. The highest BCUT2D eigenvalue weighted by molar-refractivity contribution is 6.35.